The molecule has 1 heterocycles. The van der Waals surface area contributed by atoms with E-state index in [4.69, 9.17) is 0 Å². The maximum atomic E-state index is 11.2. The number of rotatable bonds is 3. The van der Waals surface area contributed by atoms with Crippen LogP contribution in [0.1, 0.15) is 40.4 Å². The molecule has 2 N–H and O–H groups in total. The van der Waals surface area contributed by atoms with Gasteiger partial charge in [-0.3, -0.25) is 0 Å². The average molecular weight is 268 g/mol. The van der Waals surface area contributed by atoms with E-state index in [1.807, 2.05) is 12.1 Å². The Labute approximate surface area is 117 Å². The van der Waals surface area contributed by atoms with Crippen LogP contribution in [0.15, 0.2) is 42.6 Å². The SMILES string of the molecule is O=C(O)c1cccnc1NC1CCCc2ccccc21. The molecule has 1 atom stereocenters. The first-order valence-corrected chi connectivity index (χ1v) is 6.78. The largest absolute Gasteiger partial charge is 0.478 e. The summed E-state index contributed by atoms with van der Waals surface area (Å²) < 4.78 is 0. The number of fused-ring (bicyclic) bond motifs is 1. The zero-order valence-corrected chi connectivity index (χ0v) is 11.0. The third kappa shape index (κ3) is 2.37. The summed E-state index contributed by atoms with van der Waals surface area (Å²) in [6.07, 6.45) is 4.79. The first kappa shape index (κ1) is 12.7. The lowest BCUT2D eigenvalue weighted by molar-refractivity contribution is 0.0697. The second-order valence-electron chi connectivity index (χ2n) is 4.99. The van der Waals surface area contributed by atoms with Crippen LogP contribution in [-0.2, 0) is 6.42 Å². The molecule has 0 fully saturated rings. The van der Waals surface area contributed by atoms with Gasteiger partial charge in [0.05, 0.1) is 6.04 Å². The molecule has 0 saturated heterocycles. The number of nitrogens with zero attached hydrogens (tertiary/aromatic N) is 1. The fourth-order valence-corrected chi connectivity index (χ4v) is 2.76. The Morgan fingerprint density at radius 1 is 1.25 bits per heavy atom. The van der Waals surface area contributed by atoms with Crippen molar-refractivity contribution in [2.24, 2.45) is 0 Å². The van der Waals surface area contributed by atoms with Crippen LogP contribution in [0.4, 0.5) is 5.82 Å². The third-order valence-corrected chi connectivity index (χ3v) is 3.72. The maximum Gasteiger partial charge on any atom is 0.339 e. The van der Waals surface area contributed by atoms with Crippen molar-refractivity contribution in [1.82, 2.24) is 4.98 Å². The van der Waals surface area contributed by atoms with Gasteiger partial charge in [0.1, 0.15) is 11.4 Å². The molecule has 1 aromatic carbocycles. The molecule has 0 radical (unpaired) electrons. The highest BCUT2D eigenvalue weighted by Gasteiger charge is 2.21. The van der Waals surface area contributed by atoms with E-state index in [-0.39, 0.29) is 11.6 Å². The number of benzene rings is 1. The Morgan fingerprint density at radius 3 is 2.95 bits per heavy atom. The molecule has 1 unspecified atom stereocenters. The molecule has 20 heavy (non-hydrogen) atoms. The molecule has 0 bridgehead atoms. The van der Waals surface area contributed by atoms with E-state index in [2.05, 4.69) is 22.4 Å². The van der Waals surface area contributed by atoms with Crippen LogP contribution in [-0.4, -0.2) is 16.1 Å². The summed E-state index contributed by atoms with van der Waals surface area (Å²) in [6, 6.07) is 11.7. The summed E-state index contributed by atoms with van der Waals surface area (Å²) >= 11 is 0. The van der Waals surface area contributed by atoms with Crippen LogP contribution in [0.3, 0.4) is 0 Å². The summed E-state index contributed by atoms with van der Waals surface area (Å²) in [5, 5.41) is 12.5. The highest BCUT2D eigenvalue weighted by atomic mass is 16.4. The van der Waals surface area contributed by atoms with Crippen molar-refractivity contribution in [3.63, 3.8) is 0 Å². The van der Waals surface area contributed by atoms with E-state index in [1.165, 1.54) is 11.1 Å². The topological polar surface area (TPSA) is 62.2 Å². The normalized spacial score (nSPS) is 17.3. The third-order valence-electron chi connectivity index (χ3n) is 3.72. The fourth-order valence-electron chi connectivity index (χ4n) is 2.76. The smallest absolute Gasteiger partial charge is 0.339 e. The second-order valence-corrected chi connectivity index (χ2v) is 4.99. The van der Waals surface area contributed by atoms with Crippen LogP contribution in [0.2, 0.25) is 0 Å². The molecule has 4 nitrogen and oxygen atoms in total. The molecule has 1 aromatic heterocycles. The summed E-state index contributed by atoms with van der Waals surface area (Å²) in [4.78, 5) is 15.4. The van der Waals surface area contributed by atoms with Crippen LogP contribution in [0.5, 0.6) is 0 Å². The molecule has 0 amide bonds. The number of carboxylic acid groups (broad SMARTS) is 1. The van der Waals surface area contributed by atoms with Gasteiger partial charge in [-0.2, -0.15) is 0 Å². The molecule has 2 aromatic rings. The van der Waals surface area contributed by atoms with E-state index in [1.54, 1.807) is 18.3 Å². The number of hydrogen-bond donors (Lipinski definition) is 2. The van der Waals surface area contributed by atoms with E-state index in [0.717, 1.165) is 19.3 Å². The summed E-state index contributed by atoms with van der Waals surface area (Å²) in [7, 11) is 0. The minimum absolute atomic E-state index is 0.132. The number of aromatic nitrogens is 1. The van der Waals surface area contributed by atoms with Crippen molar-refractivity contribution in [1.29, 1.82) is 0 Å². The minimum atomic E-state index is -0.954. The van der Waals surface area contributed by atoms with E-state index >= 15 is 0 Å². The molecule has 0 saturated carbocycles. The fraction of sp³-hybridized carbons (Fsp3) is 0.250. The lowest BCUT2D eigenvalue weighted by atomic mass is 9.87. The number of aromatic carboxylic acids is 1. The summed E-state index contributed by atoms with van der Waals surface area (Å²) in [5.41, 5.74) is 2.81. The predicted octanol–water partition coefficient (Wildman–Crippen LogP) is 3.27. The molecule has 0 spiro atoms. The van der Waals surface area contributed by atoms with Crippen molar-refractivity contribution in [2.45, 2.75) is 25.3 Å². The molecule has 1 aliphatic carbocycles. The van der Waals surface area contributed by atoms with Gasteiger partial charge in [0.2, 0.25) is 0 Å². The van der Waals surface area contributed by atoms with Crippen molar-refractivity contribution < 1.29 is 9.90 Å². The van der Waals surface area contributed by atoms with Crippen molar-refractivity contribution in [3.05, 3.63) is 59.3 Å². The standard InChI is InChI=1S/C16H16N2O2/c19-16(20)13-8-4-10-17-15(13)18-14-9-3-6-11-5-1-2-7-12(11)14/h1-2,4-5,7-8,10,14H,3,6,9H2,(H,17,18)(H,19,20). The zero-order valence-electron chi connectivity index (χ0n) is 11.0. The molecule has 102 valence electrons. The second kappa shape index (κ2) is 5.33. The van der Waals surface area contributed by atoms with Gasteiger partial charge in [0.25, 0.3) is 0 Å². The van der Waals surface area contributed by atoms with E-state index < -0.39 is 5.97 Å². The lowest BCUT2D eigenvalue weighted by Gasteiger charge is -2.27. The number of carbonyl (C=O) groups is 1. The number of hydrogen-bond acceptors (Lipinski definition) is 3. The van der Waals surface area contributed by atoms with Gasteiger partial charge in [0, 0.05) is 6.20 Å². The summed E-state index contributed by atoms with van der Waals surface area (Å²) in [6.45, 7) is 0. The Kier molecular flexibility index (Phi) is 3.37. The highest BCUT2D eigenvalue weighted by Crippen LogP contribution is 2.32. The average Bonchev–Trinajstić information content (AvgIpc) is 2.48. The molecular formula is C16H16N2O2. The lowest BCUT2D eigenvalue weighted by Crippen LogP contribution is -2.19. The van der Waals surface area contributed by atoms with Gasteiger partial charge in [0.15, 0.2) is 0 Å². The van der Waals surface area contributed by atoms with Crippen LogP contribution < -0.4 is 5.32 Å². The van der Waals surface area contributed by atoms with E-state index in [0.29, 0.717) is 5.82 Å². The Bertz CT molecular complexity index is 640. The van der Waals surface area contributed by atoms with Gasteiger partial charge >= 0.3 is 5.97 Å². The zero-order chi connectivity index (χ0) is 13.9. The quantitative estimate of drug-likeness (QED) is 0.896. The van der Waals surface area contributed by atoms with Gasteiger partial charge in [-0.05, 0) is 42.5 Å². The van der Waals surface area contributed by atoms with Crippen molar-refractivity contribution in [3.8, 4) is 0 Å². The number of nitrogens with one attached hydrogen (secondary N) is 1. The Morgan fingerprint density at radius 2 is 2.10 bits per heavy atom. The molecule has 4 heteroatoms. The molecule has 0 aliphatic heterocycles. The van der Waals surface area contributed by atoms with Gasteiger partial charge in [-0.1, -0.05) is 24.3 Å². The van der Waals surface area contributed by atoms with Gasteiger partial charge in [-0.15, -0.1) is 0 Å². The molecular weight excluding hydrogens is 252 g/mol. The van der Waals surface area contributed by atoms with Crippen molar-refractivity contribution in [2.75, 3.05) is 5.32 Å². The number of pyridine rings is 1. The maximum absolute atomic E-state index is 11.2. The predicted molar refractivity (Wildman–Crippen MR) is 76.9 cm³/mol. The van der Waals surface area contributed by atoms with Crippen molar-refractivity contribution >= 4 is 11.8 Å². The van der Waals surface area contributed by atoms with Crippen LogP contribution >= 0.6 is 0 Å². The first-order valence-electron chi connectivity index (χ1n) is 6.78. The molecule has 1 aliphatic rings. The number of aryl methyl sites for hydroxylation is 1. The highest BCUT2D eigenvalue weighted by molar-refractivity contribution is 5.93. The number of carboxylic acids is 1. The Balaban J connectivity index is 1.92. The van der Waals surface area contributed by atoms with Crippen LogP contribution in [0, 0.1) is 0 Å². The minimum Gasteiger partial charge on any atom is -0.478 e. The number of anilines is 1. The molecule has 3 rings (SSSR count). The first-order chi connectivity index (χ1) is 9.75. The van der Waals surface area contributed by atoms with Gasteiger partial charge in [-0.25, -0.2) is 9.78 Å². The van der Waals surface area contributed by atoms with Gasteiger partial charge < -0.3 is 10.4 Å². The summed E-state index contributed by atoms with van der Waals surface area (Å²) in [5.74, 6) is -0.508. The van der Waals surface area contributed by atoms with Crippen LogP contribution in [0.25, 0.3) is 0 Å². The van der Waals surface area contributed by atoms with E-state index in [9.17, 15) is 9.90 Å². The Hall–Kier alpha value is -2.36. The monoisotopic (exact) mass is 268 g/mol.